The number of hydrogen-bond donors (Lipinski definition) is 2. The Morgan fingerprint density at radius 1 is 1.11 bits per heavy atom. The Bertz CT molecular complexity index is 948. The number of carbonyl (C=O) groups excluding carboxylic acids is 1. The summed E-state index contributed by atoms with van der Waals surface area (Å²) in [5.74, 6) is 0.0362. The second kappa shape index (κ2) is 5.96. The van der Waals surface area contributed by atoms with Crippen molar-refractivity contribution in [2.24, 2.45) is 0 Å². The molecule has 1 aliphatic carbocycles. The molecular formula is C21H19N3O3. The molecule has 0 atom stereocenters. The first kappa shape index (κ1) is 16.1. The van der Waals surface area contributed by atoms with E-state index in [0.29, 0.717) is 5.69 Å². The number of carbonyl (C=O) groups is 1. The van der Waals surface area contributed by atoms with Gasteiger partial charge in [0.2, 0.25) is 0 Å². The van der Waals surface area contributed by atoms with Crippen LogP contribution in [0.3, 0.4) is 0 Å². The van der Waals surface area contributed by atoms with Crippen molar-refractivity contribution in [2.75, 3.05) is 19.7 Å². The molecule has 0 spiro atoms. The maximum Gasteiger partial charge on any atom is 0.410 e. The molecular weight excluding hydrogens is 342 g/mol. The van der Waals surface area contributed by atoms with Crippen molar-refractivity contribution < 1.29 is 14.6 Å². The molecule has 136 valence electrons. The summed E-state index contributed by atoms with van der Waals surface area (Å²) in [5.41, 5.74) is 4.32. The minimum absolute atomic E-state index is 0.0362. The number of aromatic amines is 1. The average Bonchev–Trinajstić information content (AvgIpc) is 3.31. The van der Waals surface area contributed by atoms with Gasteiger partial charge in [-0.2, -0.15) is 5.10 Å². The highest BCUT2D eigenvalue weighted by Gasteiger charge is 2.47. The molecule has 27 heavy (non-hydrogen) atoms. The smallest absolute Gasteiger partial charge is 0.410 e. The van der Waals surface area contributed by atoms with Crippen LogP contribution in [-0.4, -0.2) is 46.0 Å². The molecule has 6 nitrogen and oxygen atoms in total. The number of benzene rings is 2. The standard InChI is InChI=1S/C21H19N3O3/c25-20(24-12-21(26,13-24)19-9-10-22-23-19)27-11-18-16-7-3-1-5-14(16)15-6-2-4-8-17(15)18/h1-10,18,26H,11-13H2,(H,22,23). The fourth-order valence-electron chi connectivity index (χ4n) is 4.08. The Kier molecular flexibility index (Phi) is 3.55. The fourth-order valence-corrected chi connectivity index (χ4v) is 4.08. The highest BCUT2D eigenvalue weighted by Crippen LogP contribution is 2.44. The quantitative estimate of drug-likeness (QED) is 0.752. The van der Waals surface area contributed by atoms with Crippen LogP contribution in [0.15, 0.2) is 60.8 Å². The minimum Gasteiger partial charge on any atom is -0.448 e. The summed E-state index contributed by atoms with van der Waals surface area (Å²) in [7, 11) is 0. The zero-order chi connectivity index (χ0) is 18.4. The first-order chi connectivity index (χ1) is 13.2. The van der Waals surface area contributed by atoms with Gasteiger partial charge in [0, 0.05) is 12.1 Å². The summed E-state index contributed by atoms with van der Waals surface area (Å²) in [4.78, 5) is 13.9. The van der Waals surface area contributed by atoms with Crippen LogP contribution in [0.1, 0.15) is 22.7 Å². The predicted octanol–water partition coefficient (Wildman–Crippen LogP) is 2.86. The van der Waals surface area contributed by atoms with E-state index in [-0.39, 0.29) is 25.6 Å². The van der Waals surface area contributed by atoms with Gasteiger partial charge in [0.05, 0.1) is 18.8 Å². The molecule has 1 saturated heterocycles. The van der Waals surface area contributed by atoms with E-state index in [1.807, 2.05) is 24.3 Å². The van der Waals surface area contributed by atoms with Gasteiger partial charge in [-0.15, -0.1) is 0 Å². The largest absolute Gasteiger partial charge is 0.448 e. The van der Waals surface area contributed by atoms with Crippen LogP contribution < -0.4 is 0 Å². The second-order valence-corrected chi connectivity index (χ2v) is 7.16. The number of likely N-dealkylation sites (tertiary alicyclic amines) is 1. The van der Waals surface area contributed by atoms with E-state index in [2.05, 4.69) is 34.5 Å². The van der Waals surface area contributed by atoms with Gasteiger partial charge in [-0.25, -0.2) is 4.79 Å². The molecule has 2 heterocycles. The van der Waals surface area contributed by atoms with Crippen LogP contribution in [0.4, 0.5) is 4.79 Å². The molecule has 2 aromatic carbocycles. The molecule has 1 fully saturated rings. The van der Waals surface area contributed by atoms with Crippen LogP contribution in [0.5, 0.6) is 0 Å². The Morgan fingerprint density at radius 3 is 2.33 bits per heavy atom. The number of rotatable bonds is 3. The van der Waals surface area contributed by atoms with Crippen molar-refractivity contribution >= 4 is 6.09 Å². The summed E-state index contributed by atoms with van der Waals surface area (Å²) in [6, 6.07) is 18.2. The maximum absolute atomic E-state index is 12.4. The number of aliphatic hydroxyl groups is 1. The van der Waals surface area contributed by atoms with Crippen LogP contribution in [-0.2, 0) is 10.3 Å². The molecule has 2 aliphatic rings. The number of ether oxygens (including phenoxy) is 1. The van der Waals surface area contributed by atoms with Crippen molar-refractivity contribution in [2.45, 2.75) is 11.5 Å². The lowest BCUT2D eigenvalue weighted by atomic mass is 9.91. The van der Waals surface area contributed by atoms with E-state index in [4.69, 9.17) is 4.74 Å². The molecule has 5 rings (SSSR count). The number of aromatic nitrogens is 2. The predicted molar refractivity (Wildman–Crippen MR) is 99.1 cm³/mol. The molecule has 6 heteroatoms. The summed E-state index contributed by atoms with van der Waals surface area (Å²) in [6.45, 7) is 0.684. The van der Waals surface area contributed by atoms with Gasteiger partial charge >= 0.3 is 6.09 Å². The lowest BCUT2D eigenvalue weighted by Gasteiger charge is -2.44. The van der Waals surface area contributed by atoms with Gasteiger partial charge < -0.3 is 14.7 Å². The van der Waals surface area contributed by atoms with Gasteiger partial charge in [0.15, 0.2) is 0 Å². The van der Waals surface area contributed by atoms with E-state index in [1.54, 1.807) is 12.3 Å². The van der Waals surface area contributed by atoms with Crippen molar-refractivity contribution in [1.29, 1.82) is 0 Å². The van der Waals surface area contributed by atoms with Gasteiger partial charge in [0.25, 0.3) is 0 Å². The third-order valence-electron chi connectivity index (χ3n) is 5.50. The topological polar surface area (TPSA) is 78.4 Å². The summed E-state index contributed by atoms with van der Waals surface area (Å²) < 4.78 is 5.60. The second-order valence-electron chi connectivity index (χ2n) is 7.16. The van der Waals surface area contributed by atoms with E-state index >= 15 is 0 Å². The number of H-pyrrole nitrogens is 1. The first-order valence-electron chi connectivity index (χ1n) is 8.98. The molecule has 1 aromatic heterocycles. The molecule has 1 aliphatic heterocycles. The van der Waals surface area contributed by atoms with Gasteiger partial charge in [-0.05, 0) is 28.3 Å². The fraction of sp³-hybridized carbons (Fsp3) is 0.238. The maximum atomic E-state index is 12.4. The highest BCUT2D eigenvalue weighted by atomic mass is 16.6. The number of fused-ring (bicyclic) bond motifs is 3. The van der Waals surface area contributed by atoms with Crippen LogP contribution in [0.25, 0.3) is 11.1 Å². The Balaban J connectivity index is 1.28. The molecule has 3 aromatic rings. The van der Waals surface area contributed by atoms with Crippen molar-refractivity contribution in [3.05, 3.63) is 77.6 Å². The molecule has 0 unspecified atom stereocenters. The summed E-state index contributed by atoms with van der Waals surface area (Å²) in [5, 5.41) is 17.1. The molecule has 1 amide bonds. The van der Waals surface area contributed by atoms with Gasteiger partial charge in [-0.1, -0.05) is 48.5 Å². The Labute approximate surface area is 156 Å². The van der Waals surface area contributed by atoms with Crippen LogP contribution >= 0.6 is 0 Å². The zero-order valence-corrected chi connectivity index (χ0v) is 14.6. The van der Waals surface area contributed by atoms with E-state index in [9.17, 15) is 9.90 Å². The molecule has 0 saturated carbocycles. The molecule has 2 N–H and O–H groups in total. The van der Waals surface area contributed by atoms with Crippen LogP contribution in [0.2, 0.25) is 0 Å². The van der Waals surface area contributed by atoms with Crippen molar-refractivity contribution in [3.63, 3.8) is 0 Å². The Hall–Kier alpha value is -3.12. The molecule has 0 radical (unpaired) electrons. The number of hydrogen-bond acceptors (Lipinski definition) is 4. The third-order valence-corrected chi connectivity index (χ3v) is 5.50. The Morgan fingerprint density at radius 2 is 1.74 bits per heavy atom. The molecule has 0 bridgehead atoms. The number of nitrogens with one attached hydrogen (secondary N) is 1. The number of amides is 1. The van der Waals surface area contributed by atoms with Crippen LogP contribution in [0, 0.1) is 0 Å². The first-order valence-corrected chi connectivity index (χ1v) is 8.98. The number of nitrogens with zero attached hydrogens (tertiary/aromatic N) is 2. The van der Waals surface area contributed by atoms with Crippen molar-refractivity contribution in [1.82, 2.24) is 15.1 Å². The lowest BCUT2D eigenvalue weighted by molar-refractivity contribution is -0.0970. The number of β-amino-alcohol motifs (C(OH)–C–C–N with tert-alkyl or cyclic N) is 1. The van der Waals surface area contributed by atoms with Gasteiger partial charge in [-0.3, -0.25) is 5.10 Å². The van der Waals surface area contributed by atoms with Gasteiger partial charge in [0.1, 0.15) is 12.2 Å². The monoisotopic (exact) mass is 361 g/mol. The SMILES string of the molecule is O=C(OCC1c2ccccc2-c2ccccc21)N1CC(O)(c2ccn[nH]2)C1. The van der Waals surface area contributed by atoms with E-state index < -0.39 is 11.7 Å². The highest BCUT2D eigenvalue weighted by molar-refractivity contribution is 5.79. The van der Waals surface area contributed by atoms with E-state index in [0.717, 1.165) is 0 Å². The minimum atomic E-state index is -1.07. The third kappa shape index (κ3) is 2.52. The normalized spacial score (nSPS) is 17.1. The lowest BCUT2D eigenvalue weighted by Crippen LogP contribution is -2.61. The summed E-state index contributed by atoms with van der Waals surface area (Å²) >= 11 is 0. The van der Waals surface area contributed by atoms with E-state index in [1.165, 1.54) is 27.2 Å². The zero-order valence-electron chi connectivity index (χ0n) is 14.6. The summed E-state index contributed by atoms with van der Waals surface area (Å²) in [6.07, 6.45) is 1.18. The average molecular weight is 361 g/mol. The van der Waals surface area contributed by atoms with Crippen molar-refractivity contribution in [3.8, 4) is 11.1 Å².